The van der Waals surface area contributed by atoms with Crippen LogP contribution in [0.15, 0.2) is 24.5 Å². The first-order valence-electron chi connectivity index (χ1n) is 6.87. The average molecular weight is 322 g/mol. The molecule has 7 nitrogen and oxygen atoms in total. The molecule has 0 saturated carbocycles. The van der Waals surface area contributed by atoms with Crippen LogP contribution in [0.5, 0.6) is 17.2 Å². The zero-order chi connectivity index (χ0) is 15.9. The third-order valence-corrected chi connectivity index (χ3v) is 3.60. The molecule has 2 aromatic rings. The zero-order valence-electron chi connectivity index (χ0n) is 12.5. The third-order valence-electron chi connectivity index (χ3n) is 2.76. The molecule has 3 rings (SSSR count). The van der Waals surface area contributed by atoms with E-state index >= 15 is 0 Å². The van der Waals surface area contributed by atoms with Gasteiger partial charge in [-0.05, 0) is 25.5 Å². The van der Waals surface area contributed by atoms with Crippen molar-refractivity contribution in [3.8, 4) is 17.2 Å². The molecule has 8 heteroatoms. The molecule has 2 N–H and O–H groups in total. The molecular formula is C14H18N2O5Si. The fourth-order valence-electron chi connectivity index (χ4n) is 1.73. The van der Waals surface area contributed by atoms with Crippen LogP contribution in [-0.4, -0.2) is 37.7 Å². The number of nitrogens with one attached hydrogen (secondary N) is 1. The molecule has 0 amide bonds. The largest absolute Gasteiger partial charge is 0.513 e. The molecule has 0 aliphatic carbocycles. The third kappa shape index (κ3) is 4.01. The number of phenolic OH excluding ortho intramolecular Hbond substituents is 1. The van der Waals surface area contributed by atoms with Crippen molar-refractivity contribution in [3.63, 3.8) is 0 Å². The molecule has 1 aliphatic rings. The number of esters is 1. The predicted molar refractivity (Wildman–Crippen MR) is 81.8 cm³/mol. The van der Waals surface area contributed by atoms with Gasteiger partial charge in [0.15, 0.2) is 17.2 Å². The van der Waals surface area contributed by atoms with Crippen LogP contribution < -0.4 is 8.85 Å². The Morgan fingerprint density at radius 2 is 2.27 bits per heavy atom. The van der Waals surface area contributed by atoms with Gasteiger partial charge in [0.25, 0.3) is 0 Å². The Morgan fingerprint density at radius 1 is 1.45 bits per heavy atom. The number of fused-ring (bicyclic) bond motifs is 1. The summed E-state index contributed by atoms with van der Waals surface area (Å²) in [6.07, 6.45) is 4.29. The molecule has 0 saturated heterocycles. The van der Waals surface area contributed by atoms with Gasteiger partial charge < -0.3 is 23.7 Å². The molecule has 0 fully saturated rings. The summed E-state index contributed by atoms with van der Waals surface area (Å²) in [6.45, 7) is 4.19. The second kappa shape index (κ2) is 7.50. The van der Waals surface area contributed by atoms with E-state index in [9.17, 15) is 9.90 Å². The van der Waals surface area contributed by atoms with E-state index in [2.05, 4.69) is 9.97 Å². The van der Waals surface area contributed by atoms with Crippen molar-refractivity contribution in [2.24, 2.45) is 0 Å². The lowest BCUT2D eigenvalue weighted by Crippen LogP contribution is -2.05. The van der Waals surface area contributed by atoms with Crippen molar-refractivity contribution in [2.45, 2.75) is 20.3 Å². The summed E-state index contributed by atoms with van der Waals surface area (Å²) in [7, 11) is -1.10. The summed E-state index contributed by atoms with van der Waals surface area (Å²) < 4.78 is 15.3. The van der Waals surface area contributed by atoms with E-state index in [1.54, 1.807) is 12.4 Å². The van der Waals surface area contributed by atoms with Crippen LogP contribution in [0.2, 0.25) is 0 Å². The maximum Gasteiger partial charge on any atom is 0.428 e. The normalized spacial score (nSPS) is 12.6. The van der Waals surface area contributed by atoms with E-state index in [-0.39, 0.29) is 11.3 Å². The highest BCUT2D eigenvalue weighted by Crippen LogP contribution is 2.40. The van der Waals surface area contributed by atoms with Gasteiger partial charge >= 0.3 is 16.0 Å². The van der Waals surface area contributed by atoms with Gasteiger partial charge in [-0.25, -0.2) is 9.78 Å². The summed E-state index contributed by atoms with van der Waals surface area (Å²) in [5.74, 6) is 1.19. The number of H-pyrrole nitrogens is 1. The van der Waals surface area contributed by atoms with Gasteiger partial charge in [-0.15, -0.1) is 0 Å². The number of aromatic nitrogens is 2. The standard InChI is InChI=1S/C10H12O5Si.C4H6N2/c1-2-3-13-10(12)6-4-7(11)9-8(5-6)14-16-15-9;1-4-5-2-3-6-4/h4-5,11H,2-3,16H2,1H3;2-3H,1H3,(H,5,6). The minimum Gasteiger partial charge on any atom is -0.513 e. The molecule has 0 bridgehead atoms. The second-order valence-corrected chi connectivity index (χ2v) is 5.35. The highest BCUT2D eigenvalue weighted by Gasteiger charge is 2.21. The van der Waals surface area contributed by atoms with Crippen LogP contribution in [0.1, 0.15) is 29.5 Å². The Morgan fingerprint density at radius 3 is 2.86 bits per heavy atom. The van der Waals surface area contributed by atoms with Crippen LogP contribution in [0.3, 0.4) is 0 Å². The van der Waals surface area contributed by atoms with Gasteiger partial charge in [-0.1, -0.05) is 6.92 Å². The Hall–Kier alpha value is -2.48. The maximum atomic E-state index is 11.5. The number of imidazole rings is 1. The van der Waals surface area contributed by atoms with Crippen LogP contribution in [0, 0.1) is 6.92 Å². The van der Waals surface area contributed by atoms with Gasteiger partial charge in [-0.2, -0.15) is 0 Å². The monoisotopic (exact) mass is 322 g/mol. The van der Waals surface area contributed by atoms with Gasteiger partial charge in [0, 0.05) is 12.4 Å². The number of aromatic amines is 1. The van der Waals surface area contributed by atoms with Gasteiger partial charge in [0.1, 0.15) is 5.82 Å². The van der Waals surface area contributed by atoms with Gasteiger partial charge in [0.2, 0.25) is 0 Å². The Labute approximate surface area is 130 Å². The highest BCUT2D eigenvalue weighted by molar-refractivity contribution is 6.23. The van der Waals surface area contributed by atoms with Gasteiger partial charge in [0.05, 0.1) is 12.2 Å². The minimum absolute atomic E-state index is 0.0778. The van der Waals surface area contributed by atoms with Crippen LogP contribution in [0.25, 0.3) is 0 Å². The van der Waals surface area contributed by atoms with Crippen molar-refractivity contribution in [2.75, 3.05) is 6.61 Å². The average Bonchev–Trinajstić information content (AvgIpc) is 3.16. The Kier molecular flexibility index (Phi) is 5.42. The first-order valence-corrected chi connectivity index (χ1v) is 8.03. The van der Waals surface area contributed by atoms with Crippen LogP contribution >= 0.6 is 0 Å². The fourth-order valence-corrected chi connectivity index (χ4v) is 2.54. The zero-order valence-corrected chi connectivity index (χ0v) is 13.9. The van der Waals surface area contributed by atoms with E-state index < -0.39 is 16.0 Å². The number of rotatable bonds is 3. The molecule has 1 aromatic heterocycles. The van der Waals surface area contributed by atoms with E-state index in [4.69, 9.17) is 13.6 Å². The number of benzene rings is 1. The molecule has 1 aromatic carbocycles. The Bertz CT molecular complexity index is 630. The summed E-state index contributed by atoms with van der Waals surface area (Å²) >= 11 is 0. The number of hydrogen-bond acceptors (Lipinski definition) is 6. The summed E-state index contributed by atoms with van der Waals surface area (Å²) in [5.41, 5.74) is 0.282. The van der Waals surface area contributed by atoms with E-state index in [0.29, 0.717) is 18.1 Å². The molecule has 118 valence electrons. The predicted octanol–water partition coefficient (Wildman–Crippen LogP) is 1.45. The second-order valence-electron chi connectivity index (χ2n) is 4.54. The van der Waals surface area contributed by atoms with Crippen LogP contribution in [-0.2, 0) is 4.74 Å². The van der Waals surface area contributed by atoms with Crippen molar-refractivity contribution < 1.29 is 23.5 Å². The topological polar surface area (TPSA) is 93.7 Å². The van der Waals surface area contributed by atoms with Crippen molar-refractivity contribution >= 4 is 16.0 Å². The molecule has 22 heavy (non-hydrogen) atoms. The summed E-state index contributed by atoms with van der Waals surface area (Å²) in [5, 5.41) is 9.60. The lowest BCUT2D eigenvalue weighted by Gasteiger charge is -2.06. The van der Waals surface area contributed by atoms with Crippen LogP contribution in [0.4, 0.5) is 0 Å². The van der Waals surface area contributed by atoms with Crippen molar-refractivity contribution in [1.29, 1.82) is 0 Å². The maximum absolute atomic E-state index is 11.5. The van der Waals surface area contributed by atoms with Crippen molar-refractivity contribution in [1.82, 2.24) is 9.97 Å². The number of hydrogen-bond donors (Lipinski definition) is 2. The minimum atomic E-state index is -1.10. The lowest BCUT2D eigenvalue weighted by molar-refractivity contribution is 0.0504. The molecule has 0 spiro atoms. The summed E-state index contributed by atoms with van der Waals surface area (Å²) in [6, 6.07) is 2.87. The number of nitrogens with zero attached hydrogens (tertiary/aromatic N) is 1. The molecule has 0 atom stereocenters. The Balaban J connectivity index is 0.000000246. The summed E-state index contributed by atoms with van der Waals surface area (Å²) in [4.78, 5) is 18.3. The highest BCUT2D eigenvalue weighted by atomic mass is 28.3. The molecule has 2 heterocycles. The first kappa shape index (κ1) is 15.9. The number of ether oxygens (including phenoxy) is 1. The molecule has 0 unspecified atom stereocenters. The van der Waals surface area contributed by atoms with Gasteiger partial charge in [-0.3, -0.25) is 0 Å². The SMILES string of the molecule is CCCOC(=O)c1cc(O)c2c(c1)O[SiH2]O2.Cc1ncc[nH]1. The molecule has 0 radical (unpaired) electrons. The number of carbonyl (C=O) groups is 1. The molecular weight excluding hydrogens is 304 g/mol. The van der Waals surface area contributed by atoms with Crippen molar-refractivity contribution in [3.05, 3.63) is 35.9 Å². The van der Waals surface area contributed by atoms with E-state index in [1.807, 2.05) is 13.8 Å². The quantitative estimate of drug-likeness (QED) is 0.656. The molecule has 1 aliphatic heterocycles. The number of aromatic hydroxyl groups is 1. The number of aryl methyl sites for hydroxylation is 1. The fraction of sp³-hybridized carbons (Fsp3) is 0.286. The number of phenols is 1. The smallest absolute Gasteiger partial charge is 0.428 e. The lowest BCUT2D eigenvalue weighted by atomic mass is 10.2. The van der Waals surface area contributed by atoms with E-state index in [1.165, 1.54) is 12.1 Å². The van der Waals surface area contributed by atoms with E-state index in [0.717, 1.165) is 12.2 Å². The first-order chi connectivity index (χ1) is 10.6. The number of carbonyl (C=O) groups excluding carboxylic acids is 1.